The largest absolute Gasteiger partial charge is 0.303 e. The van der Waals surface area contributed by atoms with Crippen LogP contribution in [0.5, 0.6) is 0 Å². The molecule has 2 heterocycles. The molecule has 0 N–H and O–H groups in total. The van der Waals surface area contributed by atoms with E-state index in [0.717, 1.165) is 17.9 Å². The number of hydrogen-bond acceptors (Lipinski definition) is 2. The number of rotatable bonds is 5. The van der Waals surface area contributed by atoms with Gasteiger partial charge in [0.2, 0.25) is 0 Å². The standard InChI is InChI=1S/C24H34N2.2ClH/c1-2-6-22(5-1)26-17-21-11-12-23(24(21)18-26)20-9-7-19(8-10-20)13-16-25-14-3-4-15-25;;/h7-10,12,21-22,24H,1-6,11,13-18H2;2*1H. The molecule has 1 aromatic rings. The summed E-state index contributed by atoms with van der Waals surface area (Å²) in [6.45, 7) is 6.53. The number of benzene rings is 1. The third kappa shape index (κ3) is 4.61. The molecule has 2 unspecified atom stereocenters. The van der Waals surface area contributed by atoms with E-state index in [-0.39, 0.29) is 24.8 Å². The Bertz CT molecular complexity index is 645. The lowest BCUT2D eigenvalue weighted by atomic mass is 9.90. The average molecular weight is 423 g/mol. The van der Waals surface area contributed by atoms with Crippen molar-refractivity contribution >= 4 is 30.4 Å². The van der Waals surface area contributed by atoms with Crippen LogP contribution in [0.15, 0.2) is 30.3 Å². The van der Waals surface area contributed by atoms with Gasteiger partial charge in [-0.15, -0.1) is 24.8 Å². The van der Waals surface area contributed by atoms with Crippen LogP contribution in [0.1, 0.15) is 56.1 Å². The van der Waals surface area contributed by atoms with E-state index in [4.69, 9.17) is 0 Å². The Morgan fingerprint density at radius 2 is 1.57 bits per heavy atom. The molecule has 0 spiro atoms. The van der Waals surface area contributed by atoms with Gasteiger partial charge in [0, 0.05) is 31.6 Å². The molecule has 5 rings (SSSR count). The Kier molecular flexibility index (Phi) is 7.89. The minimum atomic E-state index is 0. The molecule has 2 aliphatic carbocycles. The Balaban J connectivity index is 0.00000112. The van der Waals surface area contributed by atoms with Crippen LogP contribution < -0.4 is 0 Å². The van der Waals surface area contributed by atoms with Gasteiger partial charge in [0.05, 0.1) is 0 Å². The quantitative estimate of drug-likeness (QED) is 0.622. The number of nitrogens with zero attached hydrogens (tertiary/aromatic N) is 2. The molecule has 3 fully saturated rings. The van der Waals surface area contributed by atoms with Crippen molar-refractivity contribution in [2.24, 2.45) is 11.8 Å². The van der Waals surface area contributed by atoms with Crippen LogP contribution in [0, 0.1) is 11.8 Å². The van der Waals surface area contributed by atoms with E-state index < -0.39 is 0 Å². The fourth-order valence-electron chi connectivity index (χ4n) is 5.98. The van der Waals surface area contributed by atoms with Crippen LogP contribution in [0.2, 0.25) is 0 Å². The van der Waals surface area contributed by atoms with E-state index in [2.05, 4.69) is 40.1 Å². The molecule has 0 bridgehead atoms. The molecule has 2 atom stereocenters. The number of hydrogen-bond donors (Lipinski definition) is 0. The average Bonchev–Trinajstić information content (AvgIpc) is 3.45. The van der Waals surface area contributed by atoms with Crippen molar-refractivity contribution in [1.82, 2.24) is 9.80 Å². The normalized spacial score (nSPS) is 28.1. The second-order valence-corrected chi connectivity index (χ2v) is 9.15. The second kappa shape index (κ2) is 9.98. The zero-order valence-corrected chi connectivity index (χ0v) is 18.7. The van der Waals surface area contributed by atoms with Crippen molar-refractivity contribution in [2.75, 3.05) is 32.7 Å². The van der Waals surface area contributed by atoms with Gasteiger partial charge in [-0.1, -0.05) is 43.2 Å². The second-order valence-electron chi connectivity index (χ2n) is 9.15. The minimum absolute atomic E-state index is 0. The molecule has 1 aromatic carbocycles. The summed E-state index contributed by atoms with van der Waals surface area (Å²) in [6, 6.07) is 10.5. The number of fused-ring (bicyclic) bond motifs is 1. The number of likely N-dealkylation sites (tertiary alicyclic amines) is 2. The van der Waals surface area contributed by atoms with Crippen LogP contribution in [0.4, 0.5) is 0 Å². The summed E-state index contributed by atoms with van der Waals surface area (Å²) in [5.74, 6) is 1.69. The summed E-state index contributed by atoms with van der Waals surface area (Å²) in [7, 11) is 0. The van der Waals surface area contributed by atoms with Gasteiger partial charge in [0.1, 0.15) is 0 Å². The topological polar surface area (TPSA) is 6.48 Å². The first-order chi connectivity index (χ1) is 12.9. The Hall–Kier alpha value is -0.540. The van der Waals surface area contributed by atoms with Gasteiger partial charge in [-0.05, 0) is 74.2 Å². The van der Waals surface area contributed by atoms with Crippen molar-refractivity contribution in [2.45, 2.75) is 57.4 Å². The van der Waals surface area contributed by atoms with Crippen LogP contribution in [0.25, 0.3) is 5.57 Å². The predicted octanol–water partition coefficient (Wildman–Crippen LogP) is 5.45. The highest BCUT2D eigenvalue weighted by molar-refractivity contribution is 5.85. The van der Waals surface area contributed by atoms with Gasteiger partial charge in [0.25, 0.3) is 0 Å². The maximum atomic E-state index is 2.83. The van der Waals surface area contributed by atoms with Gasteiger partial charge < -0.3 is 4.90 Å². The minimum Gasteiger partial charge on any atom is -0.303 e. The lowest BCUT2D eigenvalue weighted by Gasteiger charge is -2.24. The third-order valence-corrected chi connectivity index (χ3v) is 7.55. The molecule has 0 amide bonds. The molecular weight excluding hydrogens is 387 g/mol. The molecule has 28 heavy (non-hydrogen) atoms. The summed E-state index contributed by atoms with van der Waals surface area (Å²) >= 11 is 0. The maximum Gasteiger partial charge on any atom is 0.00956 e. The highest BCUT2D eigenvalue weighted by Crippen LogP contribution is 2.44. The molecular formula is C24H36Cl2N2. The SMILES string of the molecule is C1=C(c2ccc(CCN3CCCC3)cc2)C2CN(C3CCCC3)CC2C1.Cl.Cl. The van der Waals surface area contributed by atoms with Gasteiger partial charge >= 0.3 is 0 Å². The fourth-order valence-corrected chi connectivity index (χ4v) is 5.98. The lowest BCUT2D eigenvalue weighted by molar-refractivity contribution is 0.235. The smallest absolute Gasteiger partial charge is 0.00956 e. The first-order valence-corrected chi connectivity index (χ1v) is 11.1. The first-order valence-electron chi connectivity index (χ1n) is 11.1. The van der Waals surface area contributed by atoms with Crippen molar-refractivity contribution in [3.05, 3.63) is 41.5 Å². The van der Waals surface area contributed by atoms with Crippen molar-refractivity contribution in [3.63, 3.8) is 0 Å². The van der Waals surface area contributed by atoms with E-state index >= 15 is 0 Å². The molecule has 2 saturated heterocycles. The maximum absolute atomic E-state index is 2.83. The molecule has 4 heteroatoms. The van der Waals surface area contributed by atoms with E-state index in [1.165, 1.54) is 95.2 Å². The summed E-state index contributed by atoms with van der Waals surface area (Å²) in [5.41, 5.74) is 4.66. The Morgan fingerprint density at radius 3 is 2.29 bits per heavy atom. The molecule has 0 radical (unpaired) electrons. The number of allylic oxidation sites excluding steroid dienone is 1. The highest BCUT2D eigenvalue weighted by atomic mass is 35.5. The van der Waals surface area contributed by atoms with Crippen LogP contribution >= 0.6 is 24.8 Å². The molecule has 0 aromatic heterocycles. The monoisotopic (exact) mass is 422 g/mol. The fraction of sp³-hybridized carbons (Fsp3) is 0.667. The van der Waals surface area contributed by atoms with Gasteiger partial charge in [-0.25, -0.2) is 0 Å². The van der Waals surface area contributed by atoms with E-state index in [0.29, 0.717) is 0 Å². The molecule has 2 aliphatic heterocycles. The highest BCUT2D eigenvalue weighted by Gasteiger charge is 2.40. The summed E-state index contributed by atoms with van der Waals surface area (Å²) in [5, 5.41) is 0. The molecule has 4 aliphatic rings. The van der Waals surface area contributed by atoms with Crippen LogP contribution in [0.3, 0.4) is 0 Å². The van der Waals surface area contributed by atoms with E-state index in [1.807, 2.05) is 0 Å². The van der Waals surface area contributed by atoms with E-state index in [9.17, 15) is 0 Å². The number of halogens is 2. The zero-order valence-electron chi connectivity index (χ0n) is 17.0. The molecule has 156 valence electrons. The predicted molar refractivity (Wildman–Crippen MR) is 124 cm³/mol. The van der Waals surface area contributed by atoms with Crippen molar-refractivity contribution in [3.8, 4) is 0 Å². The lowest BCUT2D eigenvalue weighted by Crippen LogP contribution is -2.31. The van der Waals surface area contributed by atoms with Crippen molar-refractivity contribution in [1.29, 1.82) is 0 Å². The van der Waals surface area contributed by atoms with Gasteiger partial charge in [0.15, 0.2) is 0 Å². The zero-order chi connectivity index (χ0) is 17.3. The Labute approximate surface area is 183 Å². The summed E-state index contributed by atoms with van der Waals surface area (Å²) < 4.78 is 0. The summed E-state index contributed by atoms with van der Waals surface area (Å²) in [6.07, 6.45) is 13.7. The van der Waals surface area contributed by atoms with Crippen LogP contribution in [-0.2, 0) is 6.42 Å². The Morgan fingerprint density at radius 1 is 0.857 bits per heavy atom. The molecule has 1 saturated carbocycles. The van der Waals surface area contributed by atoms with E-state index in [1.54, 1.807) is 5.57 Å². The van der Waals surface area contributed by atoms with Gasteiger partial charge in [-0.3, -0.25) is 4.90 Å². The summed E-state index contributed by atoms with van der Waals surface area (Å²) in [4.78, 5) is 5.45. The van der Waals surface area contributed by atoms with Crippen LogP contribution in [-0.4, -0.2) is 48.6 Å². The van der Waals surface area contributed by atoms with Gasteiger partial charge in [-0.2, -0.15) is 0 Å². The molecule has 2 nitrogen and oxygen atoms in total. The van der Waals surface area contributed by atoms with Crippen molar-refractivity contribution < 1.29 is 0 Å². The first kappa shape index (κ1) is 22.2. The third-order valence-electron chi connectivity index (χ3n) is 7.55.